The van der Waals surface area contributed by atoms with Crippen LogP contribution in [0.4, 0.5) is 0 Å². The van der Waals surface area contributed by atoms with Crippen LogP contribution in [0.15, 0.2) is 29.2 Å². The summed E-state index contributed by atoms with van der Waals surface area (Å²) in [5.74, 6) is 0.333. The predicted molar refractivity (Wildman–Crippen MR) is 78.9 cm³/mol. The first-order chi connectivity index (χ1) is 9.43. The predicted octanol–water partition coefficient (Wildman–Crippen LogP) is 2.32. The minimum Gasteiger partial charge on any atom is -0.334 e. The van der Waals surface area contributed by atoms with Crippen molar-refractivity contribution in [2.45, 2.75) is 30.2 Å². The van der Waals surface area contributed by atoms with Crippen molar-refractivity contribution >= 4 is 27.3 Å². The fraction of sp³-hybridized carbons (Fsp3) is 0.500. The number of hydrogen-bond donors (Lipinski definition) is 0. The van der Waals surface area contributed by atoms with Gasteiger partial charge in [0.2, 0.25) is 0 Å². The normalized spacial score (nSPS) is 15.7. The lowest BCUT2D eigenvalue weighted by atomic mass is 9.91. The molecule has 4 nitrogen and oxygen atoms in total. The van der Waals surface area contributed by atoms with Gasteiger partial charge in [-0.1, -0.05) is 0 Å². The maximum absolute atomic E-state index is 12.4. The summed E-state index contributed by atoms with van der Waals surface area (Å²) in [6.45, 7) is 0.527. The molecule has 0 atom stereocenters. The average molecular weight is 316 g/mol. The minimum absolute atomic E-state index is 0.0737. The molecule has 1 aliphatic carbocycles. The molecule has 1 amide bonds. The summed E-state index contributed by atoms with van der Waals surface area (Å²) < 4.78 is 22.8. The maximum Gasteiger partial charge on any atom is 0.254 e. The number of rotatable bonds is 5. The van der Waals surface area contributed by atoms with Crippen molar-refractivity contribution in [3.63, 3.8) is 0 Å². The van der Waals surface area contributed by atoms with E-state index in [9.17, 15) is 13.2 Å². The molecule has 1 saturated carbocycles. The van der Waals surface area contributed by atoms with Crippen molar-refractivity contribution in [3.05, 3.63) is 29.8 Å². The van der Waals surface area contributed by atoms with E-state index in [0.717, 1.165) is 25.5 Å². The topological polar surface area (TPSA) is 54.5 Å². The molecule has 0 saturated heterocycles. The number of benzene rings is 1. The van der Waals surface area contributed by atoms with E-state index in [0.29, 0.717) is 18.0 Å². The Hall–Kier alpha value is -1.07. The third-order valence-corrected chi connectivity index (χ3v) is 4.93. The van der Waals surface area contributed by atoms with Crippen LogP contribution in [0.25, 0.3) is 0 Å². The molecule has 1 fully saturated rings. The Labute approximate surface area is 124 Å². The van der Waals surface area contributed by atoms with E-state index in [1.165, 1.54) is 12.1 Å². The number of carbonyl (C=O) groups is 1. The third-order valence-electron chi connectivity index (χ3n) is 3.63. The van der Waals surface area contributed by atoms with Gasteiger partial charge in [0.25, 0.3) is 5.91 Å². The van der Waals surface area contributed by atoms with E-state index >= 15 is 0 Å². The highest BCUT2D eigenvalue weighted by molar-refractivity contribution is 7.90. The molecule has 1 aromatic rings. The monoisotopic (exact) mass is 315 g/mol. The van der Waals surface area contributed by atoms with Crippen LogP contribution in [0.2, 0.25) is 0 Å². The van der Waals surface area contributed by atoms with E-state index in [4.69, 9.17) is 11.6 Å². The number of halogens is 1. The molecule has 6 heteroatoms. The summed E-state index contributed by atoms with van der Waals surface area (Å²) >= 11 is 5.76. The molecule has 0 aliphatic heterocycles. The maximum atomic E-state index is 12.4. The Kier molecular flexibility index (Phi) is 4.70. The van der Waals surface area contributed by atoms with Gasteiger partial charge in [-0.05, 0) is 43.5 Å². The van der Waals surface area contributed by atoms with Crippen LogP contribution >= 0.6 is 11.6 Å². The molecule has 1 aromatic carbocycles. The Morgan fingerprint density at radius 1 is 1.30 bits per heavy atom. The lowest BCUT2D eigenvalue weighted by molar-refractivity contribution is 0.0598. The second-order valence-electron chi connectivity index (χ2n) is 5.07. The number of nitrogens with zero attached hydrogens (tertiary/aromatic N) is 1. The molecule has 2 rings (SSSR count). The lowest BCUT2D eigenvalue weighted by Crippen LogP contribution is -2.45. The number of amides is 1. The van der Waals surface area contributed by atoms with E-state index < -0.39 is 9.84 Å². The van der Waals surface area contributed by atoms with E-state index in [-0.39, 0.29) is 16.8 Å². The highest BCUT2D eigenvalue weighted by atomic mass is 35.5. The molecule has 1 aliphatic rings. The van der Waals surface area contributed by atoms with Gasteiger partial charge in [-0.15, -0.1) is 11.6 Å². The summed E-state index contributed by atoms with van der Waals surface area (Å²) in [6, 6.07) is 6.36. The smallest absolute Gasteiger partial charge is 0.254 e. The average Bonchev–Trinajstić information content (AvgIpc) is 2.34. The van der Waals surface area contributed by atoms with Crippen LogP contribution in [0.5, 0.6) is 0 Å². The molecule has 110 valence electrons. The van der Waals surface area contributed by atoms with Crippen molar-refractivity contribution in [2.75, 3.05) is 18.7 Å². The first-order valence-corrected chi connectivity index (χ1v) is 9.03. The zero-order chi connectivity index (χ0) is 14.8. The zero-order valence-electron chi connectivity index (χ0n) is 11.4. The van der Waals surface area contributed by atoms with Gasteiger partial charge in [0, 0.05) is 30.3 Å². The molecule has 0 unspecified atom stereocenters. The van der Waals surface area contributed by atoms with Crippen molar-refractivity contribution in [2.24, 2.45) is 0 Å². The van der Waals surface area contributed by atoms with Crippen molar-refractivity contribution < 1.29 is 13.2 Å². The van der Waals surface area contributed by atoms with Gasteiger partial charge in [-0.3, -0.25) is 4.79 Å². The van der Waals surface area contributed by atoms with Crippen LogP contribution in [-0.4, -0.2) is 43.9 Å². The highest BCUT2D eigenvalue weighted by Gasteiger charge is 2.28. The van der Waals surface area contributed by atoms with Crippen LogP contribution in [0.1, 0.15) is 29.6 Å². The summed E-state index contributed by atoms with van der Waals surface area (Å²) in [5, 5.41) is 0. The summed E-state index contributed by atoms with van der Waals surface area (Å²) in [5.41, 5.74) is 0.509. The number of hydrogen-bond acceptors (Lipinski definition) is 3. The lowest BCUT2D eigenvalue weighted by Gasteiger charge is -2.37. The Morgan fingerprint density at radius 3 is 2.30 bits per heavy atom. The Balaban J connectivity index is 2.18. The summed E-state index contributed by atoms with van der Waals surface area (Å²) in [7, 11) is -3.23. The molecule has 0 radical (unpaired) electrons. The zero-order valence-corrected chi connectivity index (χ0v) is 13.0. The highest BCUT2D eigenvalue weighted by Crippen LogP contribution is 2.26. The van der Waals surface area contributed by atoms with Crippen LogP contribution < -0.4 is 0 Å². The third kappa shape index (κ3) is 3.33. The SMILES string of the molecule is CS(=O)(=O)c1ccc(C(=O)N(CCCl)C2CCC2)cc1. The molecular formula is C14H18ClNO3S. The van der Waals surface area contributed by atoms with Gasteiger partial charge in [0.15, 0.2) is 9.84 Å². The minimum atomic E-state index is -3.23. The molecule has 0 bridgehead atoms. The number of alkyl halides is 1. The molecule has 0 heterocycles. The standard InChI is InChI=1S/C14H18ClNO3S/c1-20(18,19)13-7-5-11(6-8-13)14(17)16(10-9-15)12-3-2-4-12/h5-8,12H,2-4,9-10H2,1H3. The van der Waals surface area contributed by atoms with E-state index in [1.54, 1.807) is 17.0 Å². The van der Waals surface area contributed by atoms with E-state index in [2.05, 4.69) is 0 Å². The van der Waals surface area contributed by atoms with Crippen LogP contribution in [0.3, 0.4) is 0 Å². The van der Waals surface area contributed by atoms with Gasteiger partial charge >= 0.3 is 0 Å². The summed E-state index contributed by atoms with van der Waals surface area (Å²) in [4.78, 5) is 14.5. The quantitative estimate of drug-likeness (QED) is 0.784. The van der Waals surface area contributed by atoms with Gasteiger partial charge in [-0.25, -0.2) is 8.42 Å². The Bertz CT molecular complexity index is 579. The fourth-order valence-corrected chi connectivity index (χ4v) is 3.06. The fourth-order valence-electron chi connectivity index (χ4n) is 2.25. The molecular weight excluding hydrogens is 298 g/mol. The largest absolute Gasteiger partial charge is 0.334 e. The van der Waals surface area contributed by atoms with Gasteiger partial charge in [-0.2, -0.15) is 0 Å². The first-order valence-electron chi connectivity index (χ1n) is 6.60. The van der Waals surface area contributed by atoms with E-state index in [1.807, 2.05) is 0 Å². The van der Waals surface area contributed by atoms with Crippen molar-refractivity contribution in [3.8, 4) is 0 Å². The number of sulfone groups is 1. The second-order valence-corrected chi connectivity index (χ2v) is 7.46. The van der Waals surface area contributed by atoms with Crippen LogP contribution in [-0.2, 0) is 9.84 Å². The first kappa shape index (κ1) is 15.3. The summed E-state index contributed by atoms with van der Waals surface area (Å²) in [6.07, 6.45) is 4.33. The molecule has 0 spiro atoms. The number of carbonyl (C=O) groups excluding carboxylic acids is 1. The van der Waals surface area contributed by atoms with Gasteiger partial charge in [0.05, 0.1) is 4.90 Å². The molecule has 0 aromatic heterocycles. The van der Waals surface area contributed by atoms with Crippen LogP contribution in [0, 0.1) is 0 Å². The molecule has 0 N–H and O–H groups in total. The van der Waals surface area contributed by atoms with Crippen molar-refractivity contribution in [1.29, 1.82) is 0 Å². The van der Waals surface area contributed by atoms with Crippen molar-refractivity contribution in [1.82, 2.24) is 4.90 Å². The van der Waals surface area contributed by atoms with Gasteiger partial charge in [0.1, 0.15) is 0 Å². The molecule has 20 heavy (non-hydrogen) atoms. The Morgan fingerprint density at radius 2 is 1.90 bits per heavy atom. The van der Waals surface area contributed by atoms with Gasteiger partial charge < -0.3 is 4.90 Å². The second kappa shape index (κ2) is 6.14.